The van der Waals surface area contributed by atoms with E-state index < -0.39 is 10.0 Å². The van der Waals surface area contributed by atoms with Gasteiger partial charge in [-0.1, -0.05) is 0 Å². The Balaban J connectivity index is 2.14. The van der Waals surface area contributed by atoms with Crippen molar-refractivity contribution >= 4 is 15.7 Å². The van der Waals surface area contributed by atoms with E-state index >= 15 is 0 Å². The molecule has 1 aliphatic carbocycles. The zero-order valence-corrected chi connectivity index (χ0v) is 11.8. The minimum absolute atomic E-state index is 0.0923. The van der Waals surface area contributed by atoms with E-state index in [1.165, 1.54) is 6.07 Å². The number of anilines is 1. The summed E-state index contributed by atoms with van der Waals surface area (Å²) >= 11 is 0. The average molecular weight is 284 g/mol. The fourth-order valence-corrected chi connectivity index (χ4v) is 3.98. The van der Waals surface area contributed by atoms with Crippen molar-refractivity contribution in [1.82, 2.24) is 4.72 Å². The molecule has 106 valence electrons. The average Bonchev–Trinajstić information content (AvgIpc) is 2.31. The van der Waals surface area contributed by atoms with Crippen molar-refractivity contribution in [3.8, 4) is 0 Å². The third-order valence-corrected chi connectivity index (χ3v) is 5.19. The molecule has 1 fully saturated rings. The van der Waals surface area contributed by atoms with Crippen molar-refractivity contribution in [3.05, 3.63) is 23.8 Å². The lowest BCUT2D eigenvalue weighted by Crippen LogP contribution is -2.38. The normalized spacial score (nSPS) is 24.3. The summed E-state index contributed by atoms with van der Waals surface area (Å²) in [6, 6.07) is 4.68. The number of aliphatic hydroxyl groups is 1. The minimum atomic E-state index is -3.51. The Bertz CT molecular complexity index is 549. The number of nitrogens with one attached hydrogen (secondary N) is 1. The van der Waals surface area contributed by atoms with Crippen molar-refractivity contribution in [2.24, 2.45) is 0 Å². The van der Waals surface area contributed by atoms with Crippen molar-refractivity contribution in [2.75, 3.05) is 5.73 Å². The standard InChI is InChI=1S/C13H20N2O3S/c1-9-8-10(14)2-7-13(9)19(17,18)15-11-3-5-12(16)6-4-11/h2,7-8,11-12,15-16H,3-6,14H2,1H3. The highest BCUT2D eigenvalue weighted by Gasteiger charge is 2.25. The van der Waals surface area contributed by atoms with Gasteiger partial charge in [0.1, 0.15) is 0 Å². The molecule has 0 bridgehead atoms. The van der Waals surface area contributed by atoms with E-state index in [4.69, 9.17) is 5.73 Å². The van der Waals surface area contributed by atoms with Crippen molar-refractivity contribution in [2.45, 2.75) is 49.6 Å². The Morgan fingerprint density at radius 2 is 1.89 bits per heavy atom. The molecule has 6 heteroatoms. The summed E-state index contributed by atoms with van der Waals surface area (Å²) in [7, 11) is -3.51. The topological polar surface area (TPSA) is 92.4 Å². The van der Waals surface area contributed by atoms with Crippen LogP contribution in [0.4, 0.5) is 5.69 Å². The van der Waals surface area contributed by atoms with E-state index in [2.05, 4.69) is 4.72 Å². The molecule has 1 aromatic rings. The number of aliphatic hydroxyl groups excluding tert-OH is 1. The van der Waals surface area contributed by atoms with E-state index in [-0.39, 0.29) is 17.0 Å². The molecule has 2 rings (SSSR count). The molecule has 1 aromatic carbocycles. The lowest BCUT2D eigenvalue weighted by molar-refractivity contribution is 0.120. The second kappa shape index (κ2) is 5.48. The highest BCUT2D eigenvalue weighted by molar-refractivity contribution is 7.89. The van der Waals surface area contributed by atoms with Gasteiger partial charge in [-0.2, -0.15) is 0 Å². The van der Waals surface area contributed by atoms with Crippen LogP contribution in [-0.4, -0.2) is 25.7 Å². The Kier molecular flexibility index (Phi) is 4.13. The number of nitrogens with two attached hydrogens (primary N) is 1. The van der Waals surface area contributed by atoms with Gasteiger partial charge < -0.3 is 10.8 Å². The van der Waals surface area contributed by atoms with Crippen LogP contribution in [-0.2, 0) is 10.0 Å². The van der Waals surface area contributed by atoms with Crippen molar-refractivity contribution < 1.29 is 13.5 Å². The zero-order chi connectivity index (χ0) is 14.0. The monoisotopic (exact) mass is 284 g/mol. The molecule has 0 heterocycles. The van der Waals surface area contributed by atoms with Crippen LogP contribution in [0.5, 0.6) is 0 Å². The third-order valence-electron chi connectivity index (χ3n) is 3.51. The number of aryl methyl sites for hydroxylation is 1. The number of hydrogen-bond donors (Lipinski definition) is 3. The molecule has 0 aliphatic heterocycles. The predicted molar refractivity (Wildman–Crippen MR) is 74.2 cm³/mol. The van der Waals surface area contributed by atoms with Gasteiger partial charge in [0.05, 0.1) is 11.0 Å². The first-order valence-corrected chi connectivity index (χ1v) is 7.93. The first kappa shape index (κ1) is 14.3. The molecule has 4 N–H and O–H groups in total. The molecule has 0 saturated heterocycles. The van der Waals surface area contributed by atoms with Gasteiger partial charge in [-0.15, -0.1) is 0 Å². The van der Waals surface area contributed by atoms with E-state index in [0.29, 0.717) is 36.9 Å². The Hall–Kier alpha value is -1.11. The summed E-state index contributed by atoms with van der Waals surface area (Å²) in [6.07, 6.45) is 2.35. The molecule has 19 heavy (non-hydrogen) atoms. The Labute approximate surface area is 113 Å². The molecular formula is C13H20N2O3S. The first-order valence-electron chi connectivity index (χ1n) is 6.45. The molecule has 0 unspecified atom stereocenters. The zero-order valence-electron chi connectivity index (χ0n) is 11.0. The highest BCUT2D eigenvalue weighted by Crippen LogP contribution is 2.22. The lowest BCUT2D eigenvalue weighted by Gasteiger charge is -2.26. The van der Waals surface area contributed by atoms with Crippen LogP contribution in [0.1, 0.15) is 31.2 Å². The summed E-state index contributed by atoms with van der Waals surface area (Å²) < 4.78 is 27.3. The van der Waals surface area contributed by atoms with Gasteiger partial charge in [0.25, 0.3) is 0 Å². The van der Waals surface area contributed by atoms with Crippen molar-refractivity contribution in [3.63, 3.8) is 0 Å². The number of nitrogen functional groups attached to an aromatic ring is 1. The summed E-state index contributed by atoms with van der Waals surface area (Å²) in [5.41, 5.74) is 6.82. The van der Waals surface area contributed by atoms with Crippen LogP contribution < -0.4 is 10.5 Å². The molecule has 1 saturated carbocycles. The molecular weight excluding hydrogens is 264 g/mol. The lowest BCUT2D eigenvalue weighted by atomic mass is 9.94. The summed E-state index contributed by atoms with van der Waals surface area (Å²) in [5.74, 6) is 0. The molecule has 1 aliphatic rings. The SMILES string of the molecule is Cc1cc(N)ccc1S(=O)(=O)NC1CCC(O)CC1. The second-order valence-corrected chi connectivity index (χ2v) is 6.83. The Morgan fingerprint density at radius 3 is 2.47 bits per heavy atom. The minimum Gasteiger partial charge on any atom is -0.399 e. The van der Waals surface area contributed by atoms with Gasteiger partial charge >= 0.3 is 0 Å². The first-order chi connectivity index (χ1) is 8.88. The van der Waals surface area contributed by atoms with Gasteiger partial charge in [0.15, 0.2) is 0 Å². The highest BCUT2D eigenvalue weighted by atomic mass is 32.2. The van der Waals surface area contributed by atoms with Crippen LogP contribution in [0.3, 0.4) is 0 Å². The van der Waals surface area contributed by atoms with Crippen LogP contribution >= 0.6 is 0 Å². The van der Waals surface area contributed by atoms with Gasteiger partial charge in [-0.25, -0.2) is 13.1 Å². The molecule has 0 radical (unpaired) electrons. The summed E-state index contributed by atoms with van der Waals surface area (Å²) in [4.78, 5) is 0.271. The van der Waals surface area contributed by atoms with Gasteiger partial charge in [0, 0.05) is 11.7 Å². The molecule has 0 spiro atoms. The van der Waals surface area contributed by atoms with Crippen LogP contribution in [0.15, 0.2) is 23.1 Å². The van der Waals surface area contributed by atoms with Crippen LogP contribution in [0, 0.1) is 6.92 Å². The van der Waals surface area contributed by atoms with Gasteiger partial charge in [0.2, 0.25) is 10.0 Å². The van der Waals surface area contributed by atoms with Gasteiger partial charge in [-0.05, 0) is 56.4 Å². The molecule has 0 atom stereocenters. The Morgan fingerprint density at radius 1 is 1.26 bits per heavy atom. The summed E-state index contributed by atoms with van der Waals surface area (Å²) in [6.45, 7) is 1.73. The number of rotatable bonds is 3. The van der Waals surface area contributed by atoms with Gasteiger partial charge in [-0.3, -0.25) is 0 Å². The van der Waals surface area contributed by atoms with E-state index in [1.54, 1.807) is 19.1 Å². The van der Waals surface area contributed by atoms with E-state index in [0.717, 1.165) is 0 Å². The maximum Gasteiger partial charge on any atom is 0.241 e. The third kappa shape index (κ3) is 3.46. The van der Waals surface area contributed by atoms with Crippen LogP contribution in [0.25, 0.3) is 0 Å². The van der Waals surface area contributed by atoms with E-state index in [9.17, 15) is 13.5 Å². The fourth-order valence-electron chi connectivity index (χ4n) is 2.45. The quantitative estimate of drug-likeness (QED) is 0.726. The maximum atomic E-state index is 12.3. The number of sulfonamides is 1. The van der Waals surface area contributed by atoms with E-state index in [1.807, 2.05) is 0 Å². The smallest absolute Gasteiger partial charge is 0.241 e. The number of hydrogen-bond acceptors (Lipinski definition) is 4. The molecule has 0 amide bonds. The largest absolute Gasteiger partial charge is 0.399 e. The maximum absolute atomic E-state index is 12.3. The fraction of sp³-hybridized carbons (Fsp3) is 0.538. The number of benzene rings is 1. The summed E-state index contributed by atoms with van der Waals surface area (Å²) in [5, 5.41) is 9.43. The van der Waals surface area contributed by atoms with Crippen LogP contribution in [0.2, 0.25) is 0 Å². The molecule has 5 nitrogen and oxygen atoms in total. The van der Waals surface area contributed by atoms with Crippen molar-refractivity contribution in [1.29, 1.82) is 0 Å². The predicted octanol–water partition coefficient (Wildman–Crippen LogP) is 1.16. The molecule has 0 aromatic heterocycles. The second-order valence-electron chi connectivity index (χ2n) is 5.15.